The zero-order chi connectivity index (χ0) is 16.8. The molecule has 0 saturated carbocycles. The maximum atomic E-state index is 11.7. The summed E-state index contributed by atoms with van der Waals surface area (Å²) in [5.41, 5.74) is 0. The lowest BCUT2D eigenvalue weighted by Crippen LogP contribution is -2.32. The highest BCUT2D eigenvalue weighted by molar-refractivity contribution is 5.69. The van der Waals surface area contributed by atoms with E-state index in [-0.39, 0.29) is 5.97 Å². The molecule has 1 fully saturated rings. The second kappa shape index (κ2) is 13.8. The maximum absolute atomic E-state index is 11.7. The van der Waals surface area contributed by atoms with Gasteiger partial charge in [0.2, 0.25) is 0 Å². The van der Waals surface area contributed by atoms with Crippen molar-refractivity contribution in [1.82, 2.24) is 10.2 Å². The van der Waals surface area contributed by atoms with Gasteiger partial charge in [0.1, 0.15) is 0 Å². The summed E-state index contributed by atoms with van der Waals surface area (Å²) in [4.78, 5) is 14.3. The second-order valence-electron chi connectivity index (χ2n) is 6.86. The molecule has 0 aliphatic carbocycles. The lowest BCUT2D eigenvalue weighted by atomic mass is 10.0. The molecule has 136 valence electrons. The number of carbonyl (C=O) groups excluding carboxylic acids is 1. The number of likely N-dealkylation sites (tertiary alicyclic amines) is 1. The minimum atomic E-state index is -0.0523. The van der Waals surface area contributed by atoms with Gasteiger partial charge in [-0.2, -0.15) is 0 Å². The molecule has 0 aromatic carbocycles. The number of hydrogen-bond acceptors (Lipinski definition) is 4. The molecule has 0 aromatic rings. The van der Waals surface area contributed by atoms with Gasteiger partial charge in [-0.3, -0.25) is 4.79 Å². The van der Waals surface area contributed by atoms with E-state index in [0.29, 0.717) is 18.9 Å². The van der Waals surface area contributed by atoms with E-state index < -0.39 is 0 Å². The van der Waals surface area contributed by atoms with Crippen LogP contribution in [0.1, 0.15) is 71.6 Å². The van der Waals surface area contributed by atoms with E-state index in [1.165, 1.54) is 64.6 Å². The first kappa shape index (κ1) is 20.4. The highest BCUT2D eigenvalue weighted by Crippen LogP contribution is 2.13. The van der Waals surface area contributed by atoms with Crippen molar-refractivity contribution in [1.29, 1.82) is 0 Å². The van der Waals surface area contributed by atoms with Gasteiger partial charge in [0.25, 0.3) is 0 Å². The second-order valence-corrected chi connectivity index (χ2v) is 6.86. The Kier molecular flexibility index (Phi) is 12.3. The molecule has 0 spiro atoms. The molecule has 1 aliphatic rings. The minimum absolute atomic E-state index is 0.0523. The van der Waals surface area contributed by atoms with Crippen LogP contribution in [0.2, 0.25) is 0 Å². The van der Waals surface area contributed by atoms with Crippen molar-refractivity contribution in [2.45, 2.75) is 71.6 Å². The maximum Gasteiger partial charge on any atom is 0.307 e. The molecule has 4 heteroatoms. The van der Waals surface area contributed by atoms with Crippen LogP contribution >= 0.6 is 0 Å². The summed E-state index contributed by atoms with van der Waals surface area (Å²) in [6, 6.07) is 0. The number of ether oxygens (including phenoxy) is 1. The topological polar surface area (TPSA) is 41.6 Å². The van der Waals surface area contributed by atoms with Gasteiger partial charge in [0.15, 0.2) is 0 Å². The van der Waals surface area contributed by atoms with Gasteiger partial charge in [-0.15, -0.1) is 0 Å². The van der Waals surface area contributed by atoms with E-state index in [0.717, 1.165) is 19.5 Å². The number of carbonyl (C=O) groups is 1. The van der Waals surface area contributed by atoms with Gasteiger partial charge in [-0.25, -0.2) is 0 Å². The summed E-state index contributed by atoms with van der Waals surface area (Å²) < 4.78 is 5.41. The third-order valence-electron chi connectivity index (χ3n) is 4.81. The van der Waals surface area contributed by atoms with Crippen LogP contribution in [-0.2, 0) is 9.53 Å². The Bertz CT molecular complexity index is 291. The monoisotopic (exact) mass is 326 g/mol. The molecule has 23 heavy (non-hydrogen) atoms. The number of esters is 1. The van der Waals surface area contributed by atoms with Crippen LogP contribution in [0.15, 0.2) is 0 Å². The predicted molar refractivity (Wildman–Crippen MR) is 96.7 cm³/mol. The van der Waals surface area contributed by atoms with Crippen molar-refractivity contribution >= 4 is 5.97 Å². The van der Waals surface area contributed by atoms with Crippen LogP contribution in [0, 0.1) is 5.92 Å². The van der Waals surface area contributed by atoms with Gasteiger partial charge in [-0.05, 0) is 57.8 Å². The molecule has 0 bridgehead atoms. The van der Waals surface area contributed by atoms with Gasteiger partial charge in [0, 0.05) is 6.54 Å². The summed E-state index contributed by atoms with van der Waals surface area (Å²) in [5, 5.41) is 3.36. The minimum Gasteiger partial charge on any atom is -0.465 e. The van der Waals surface area contributed by atoms with Crippen molar-refractivity contribution in [3.8, 4) is 0 Å². The fourth-order valence-corrected chi connectivity index (χ4v) is 3.11. The average molecular weight is 327 g/mol. The molecule has 0 radical (unpaired) electrons. The summed E-state index contributed by atoms with van der Waals surface area (Å²) >= 11 is 0. The van der Waals surface area contributed by atoms with E-state index in [1.807, 2.05) is 0 Å². The Morgan fingerprint density at radius 3 is 2.61 bits per heavy atom. The molecular weight excluding hydrogens is 288 g/mol. The van der Waals surface area contributed by atoms with Crippen molar-refractivity contribution in [3.05, 3.63) is 0 Å². The number of rotatable bonds is 13. The molecule has 1 atom stereocenters. The van der Waals surface area contributed by atoms with Crippen LogP contribution in [0.3, 0.4) is 0 Å². The highest BCUT2D eigenvalue weighted by Gasteiger charge is 2.10. The fourth-order valence-electron chi connectivity index (χ4n) is 3.11. The van der Waals surface area contributed by atoms with Crippen molar-refractivity contribution in [2.24, 2.45) is 5.92 Å². The number of hydrogen-bond donors (Lipinski definition) is 1. The molecule has 1 saturated heterocycles. The molecule has 0 amide bonds. The molecule has 4 nitrogen and oxygen atoms in total. The Morgan fingerprint density at radius 2 is 1.91 bits per heavy atom. The molecule has 0 aromatic heterocycles. The standard InChI is InChI=1S/C19H38N2O2/c1-3-5-10-18(4-2)17-23-19(22)11-13-20-12-9-16-21-14-7-6-8-15-21/h18,20H,3-17H2,1-2H3. The SMILES string of the molecule is CCCCC(CC)COC(=O)CCNCCCN1CCCCC1. The normalized spacial score (nSPS) is 17.1. The number of nitrogens with one attached hydrogen (secondary N) is 1. The number of unbranched alkanes of at least 4 members (excludes halogenated alkanes) is 1. The Hall–Kier alpha value is -0.610. The molecule has 1 heterocycles. The van der Waals surface area contributed by atoms with E-state index >= 15 is 0 Å². The van der Waals surface area contributed by atoms with Gasteiger partial charge in [-0.1, -0.05) is 39.5 Å². The third kappa shape index (κ3) is 10.7. The first-order chi connectivity index (χ1) is 11.3. The van der Waals surface area contributed by atoms with Crippen LogP contribution in [0.5, 0.6) is 0 Å². The zero-order valence-electron chi connectivity index (χ0n) is 15.4. The predicted octanol–water partition coefficient (Wildman–Crippen LogP) is 3.60. The molecule has 1 aliphatic heterocycles. The van der Waals surface area contributed by atoms with Crippen molar-refractivity contribution in [3.63, 3.8) is 0 Å². The molecule has 1 rings (SSSR count). The number of piperidine rings is 1. The molecule has 1 unspecified atom stereocenters. The van der Waals surface area contributed by atoms with E-state index in [9.17, 15) is 4.79 Å². The number of nitrogens with zero attached hydrogens (tertiary/aromatic N) is 1. The van der Waals surface area contributed by atoms with Crippen LogP contribution in [0.25, 0.3) is 0 Å². The summed E-state index contributed by atoms with van der Waals surface area (Å²) in [6.07, 6.45) is 10.5. The summed E-state index contributed by atoms with van der Waals surface area (Å²) in [6.45, 7) is 10.4. The quantitative estimate of drug-likeness (QED) is 0.415. The van der Waals surface area contributed by atoms with E-state index in [4.69, 9.17) is 4.74 Å². The first-order valence-electron chi connectivity index (χ1n) is 9.85. The van der Waals surface area contributed by atoms with Crippen LogP contribution in [0.4, 0.5) is 0 Å². The lowest BCUT2D eigenvalue weighted by Gasteiger charge is -2.26. The van der Waals surface area contributed by atoms with Crippen LogP contribution in [-0.4, -0.2) is 50.2 Å². The Morgan fingerprint density at radius 1 is 1.13 bits per heavy atom. The van der Waals surface area contributed by atoms with Crippen LogP contribution < -0.4 is 5.32 Å². The summed E-state index contributed by atoms with van der Waals surface area (Å²) in [5.74, 6) is 0.486. The molecular formula is C19H38N2O2. The van der Waals surface area contributed by atoms with Crippen molar-refractivity contribution < 1.29 is 9.53 Å². The molecule has 1 N–H and O–H groups in total. The smallest absolute Gasteiger partial charge is 0.307 e. The van der Waals surface area contributed by atoms with Gasteiger partial charge in [0.05, 0.1) is 13.0 Å². The first-order valence-corrected chi connectivity index (χ1v) is 9.85. The van der Waals surface area contributed by atoms with Gasteiger partial charge >= 0.3 is 5.97 Å². The highest BCUT2D eigenvalue weighted by atomic mass is 16.5. The van der Waals surface area contributed by atoms with E-state index in [1.54, 1.807) is 0 Å². The third-order valence-corrected chi connectivity index (χ3v) is 4.81. The largest absolute Gasteiger partial charge is 0.465 e. The zero-order valence-corrected chi connectivity index (χ0v) is 15.4. The van der Waals surface area contributed by atoms with E-state index in [2.05, 4.69) is 24.1 Å². The Labute approximate surface area is 143 Å². The average Bonchev–Trinajstić information content (AvgIpc) is 2.59. The lowest BCUT2D eigenvalue weighted by molar-refractivity contribution is -0.145. The summed E-state index contributed by atoms with van der Waals surface area (Å²) in [7, 11) is 0. The fraction of sp³-hybridized carbons (Fsp3) is 0.947. The van der Waals surface area contributed by atoms with Gasteiger partial charge < -0.3 is 15.0 Å². The van der Waals surface area contributed by atoms with Crippen molar-refractivity contribution in [2.75, 3.05) is 39.3 Å². The Balaban J connectivity index is 1.92.